The first-order valence-electron chi connectivity index (χ1n) is 5.32. The summed E-state index contributed by atoms with van der Waals surface area (Å²) in [6, 6.07) is 7.06. The summed E-state index contributed by atoms with van der Waals surface area (Å²) in [6.07, 6.45) is 2.28. The van der Waals surface area contributed by atoms with Crippen molar-refractivity contribution in [3.8, 4) is 5.75 Å². The predicted molar refractivity (Wildman–Crippen MR) is 64.2 cm³/mol. The molecular formula is C13H18NO2. The first kappa shape index (κ1) is 12.7. The zero-order valence-electron chi connectivity index (χ0n) is 9.99. The van der Waals surface area contributed by atoms with Gasteiger partial charge in [-0.05, 0) is 44.9 Å². The molecule has 0 aliphatic heterocycles. The van der Waals surface area contributed by atoms with Gasteiger partial charge in [-0.1, -0.05) is 12.1 Å². The standard InChI is InChI=1S/C13H18NO2/c1-13(2,3)16-12-6-4-10(5-7-12)8-11(14)9-15/h4-7,11H,8,14H2,1-3H3. The summed E-state index contributed by atoms with van der Waals surface area (Å²) in [7, 11) is 0. The van der Waals surface area contributed by atoms with E-state index < -0.39 is 6.04 Å². The summed E-state index contributed by atoms with van der Waals surface area (Å²) in [4.78, 5) is 10.3. The van der Waals surface area contributed by atoms with Gasteiger partial charge in [0.05, 0.1) is 6.04 Å². The zero-order chi connectivity index (χ0) is 12.2. The maximum Gasteiger partial charge on any atom is 0.217 e. The molecule has 0 aromatic heterocycles. The highest BCUT2D eigenvalue weighted by atomic mass is 16.5. The van der Waals surface area contributed by atoms with Gasteiger partial charge in [-0.3, -0.25) is 4.79 Å². The molecule has 1 atom stereocenters. The molecule has 3 nitrogen and oxygen atoms in total. The van der Waals surface area contributed by atoms with E-state index in [1.165, 1.54) is 0 Å². The SMILES string of the molecule is CC(C)(C)Oc1ccc(CC(N)[C]=O)cc1. The number of benzene rings is 1. The molecule has 0 fully saturated rings. The Kier molecular flexibility index (Phi) is 4.07. The van der Waals surface area contributed by atoms with Gasteiger partial charge in [0.25, 0.3) is 0 Å². The second-order valence-electron chi connectivity index (χ2n) is 4.79. The first-order valence-corrected chi connectivity index (χ1v) is 5.32. The normalized spacial score (nSPS) is 13.2. The van der Waals surface area contributed by atoms with Crippen molar-refractivity contribution in [1.82, 2.24) is 0 Å². The molecular weight excluding hydrogens is 202 g/mol. The Morgan fingerprint density at radius 1 is 1.31 bits per heavy atom. The zero-order valence-corrected chi connectivity index (χ0v) is 9.99. The summed E-state index contributed by atoms with van der Waals surface area (Å²) in [6.45, 7) is 5.99. The lowest BCUT2D eigenvalue weighted by Gasteiger charge is -2.21. The van der Waals surface area contributed by atoms with Gasteiger partial charge in [0.15, 0.2) is 0 Å². The Bertz CT molecular complexity index is 338. The minimum absolute atomic E-state index is 0.200. The van der Waals surface area contributed by atoms with Gasteiger partial charge in [0.2, 0.25) is 6.29 Å². The van der Waals surface area contributed by atoms with Crippen LogP contribution in [0, 0.1) is 0 Å². The number of nitrogens with two attached hydrogens (primary N) is 1. The van der Waals surface area contributed by atoms with E-state index in [0.717, 1.165) is 11.3 Å². The van der Waals surface area contributed by atoms with Crippen molar-refractivity contribution < 1.29 is 9.53 Å². The third-order valence-electron chi connectivity index (χ3n) is 1.95. The summed E-state index contributed by atoms with van der Waals surface area (Å²) < 4.78 is 5.68. The lowest BCUT2D eigenvalue weighted by Crippen LogP contribution is -2.24. The summed E-state index contributed by atoms with van der Waals surface area (Å²) in [5.74, 6) is 0.819. The Morgan fingerprint density at radius 2 is 1.88 bits per heavy atom. The molecule has 1 radical (unpaired) electrons. The highest BCUT2D eigenvalue weighted by molar-refractivity contribution is 5.58. The lowest BCUT2D eigenvalue weighted by molar-refractivity contribution is 0.131. The third kappa shape index (κ3) is 4.45. The molecule has 3 heteroatoms. The fourth-order valence-electron chi connectivity index (χ4n) is 1.34. The molecule has 0 aliphatic carbocycles. The fraction of sp³-hybridized carbons (Fsp3) is 0.462. The van der Waals surface area contributed by atoms with Crippen LogP contribution >= 0.6 is 0 Å². The highest BCUT2D eigenvalue weighted by Gasteiger charge is 2.11. The lowest BCUT2D eigenvalue weighted by atomic mass is 10.1. The summed E-state index contributed by atoms with van der Waals surface area (Å²) in [5, 5.41) is 0. The molecule has 1 aromatic carbocycles. The molecule has 2 N–H and O–H groups in total. The molecule has 0 heterocycles. The Balaban J connectivity index is 2.64. The van der Waals surface area contributed by atoms with Crippen LogP contribution in [-0.4, -0.2) is 17.9 Å². The van der Waals surface area contributed by atoms with E-state index in [2.05, 4.69) is 0 Å². The topological polar surface area (TPSA) is 52.3 Å². The molecule has 0 saturated carbocycles. The van der Waals surface area contributed by atoms with E-state index in [-0.39, 0.29) is 5.60 Å². The largest absolute Gasteiger partial charge is 0.488 e. The Morgan fingerprint density at radius 3 is 2.31 bits per heavy atom. The van der Waals surface area contributed by atoms with Gasteiger partial charge < -0.3 is 10.5 Å². The van der Waals surface area contributed by atoms with Crippen molar-refractivity contribution in [2.75, 3.05) is 0 Å². The first-order chi connectivity index (χ1) is 7.40. The van der Waals surface area contributed by atoms with Crippen LogP contribution in [0.25, 0.3) is 0 Å². The van der Waals surface area contributed by atoms with E-state index in [9.17, 15) is 4.79 Å². The van der Waals surface area contributed by atoms with E-state index in [0.29, 0.717) is 6.42 Å². The Labute approximate surface area is 96.6 Å². The number of carbonyl (C=O) groups excluding carboxylic acids is 1. The molecule has 16 heavy (non-hydrogen) atoms. The van der Waals surface area contributed by atoms with Crippen molar-refractivity contribution in [3.63, 3.8) is 0 Å². The molecule has 87 valence electrons. The van der Waals surface area contributed by atoms with E-state index in [1.807, 2.05) is 45.0 Å². The highest BCUT2D eigenvalue weighted by Crippen LogP contribution is 2.18. The monoisotopic (exact) mass is 220 g/mol. The average Bonchev–Trinajstić information content (AvgIpc) is 2.18. The molecule has 1 rings (SSSR count). The van der Waals surface area contributed by atoms with Crippen molar-refractivity contribution in [2.45, 2.75) is 38.8 Å². The number of rotatable bonds is 4. The third-order valence-corrected chi connectivity index (χ3v) is 1.95. The molecule has 0 amide bonds. The van der Waals surface area contributed by atoms with E-state index in [4.69, 9.17) is 10.5 Å². The fourth-order valence-corrected chi connectivity index (χ4v) is 1.34. The van der Waals surface area contributed by atoms with Gasteiger partial charge in [0, 0.05) is 0 Å². The van der Waals surface area contributed by atoms with Crippen LogP contribution in [0.5, 0.6) is 5.75 Å². The summed E-state index contributed by atoms with van der Waals surface area (Å²) in [5.41, 5.74) is 6.30. The van der Waals surface area contributed by atoms with Gasteiger partial charge in [-0.2, -0.15) is 0 Å². The quantitative estimate of drug-likeness (QED) is 0.842. The number of ether oxygens (including phenoxy) is 1. The van der Waals surface area contributed by atoms with Crippen LogP contribution in [0.3, 0.4) is 0 Å². The molecule has 1 aromatic rings. The van der Waals surface area contributed by atoms with Crippen LogP contribution in [0.4, 0.5) is 0 Å². The average molecular weight is 220 g/mol. The second kappa shape index (κ2) is 5.12. The van der Waals surface area contributed by atoms with Crippen LogP contribution < -0.4 is 10.5 Å². The van der Waals surface area contributed by atoms with Crippen molar-refractivity contribution >= 4 is 6.29 Å². The van der Waals surface area contributed by atoms with Crippen LogP contribution in [0.15, 0.2) is 24.3 Å². The van der Waals surface area contributed by atoms with E-state index >= 15 is 0 Å². The number of hydrogen-bond donors (Lipinski definition) is 1. The van der Waals surface area contributed by atoms with Crippen molar-refractivity contribution in [3.05, 3.63) is 29.8 Å². The molecule has 0 saturated heterocycles. The summed E-state index contributed by atoms with van der Waals surface area (Å²) >= 11 is 0. The van der Waals surface area contributed by atoms with Gasteiger partial charge in [-0.15, -0.1) is 0 Å². The molecule has 0 aliphatic rings. The van der Waals surface area contributed by atoms with Gasteiger partial charge in [0.1, 0.15) is 11.4 Å². The minimum atomic E-state index is -0.547. The molecule has 1 unspecified atom stereocenters. The maximum atomic E-state index is 10.3. The van der Waals surface area contributed by atoms with E-state index in [1.54, 1.807) is 6.29 Å². The number of hydrogen-bond acceptors (Lipinski definition) is 3. The predicted octanol–water partition coefficient (Wildman–Crippen LogP) is 1.84. The van der Waals surface area contributed by atoms with Crippen LogP contribution in [-0.2, 0) is 11.2 Å². The van der Waals surface area contributed by atoms with Gasteiger partial charge >= 0.3 is 0 Å². The minimum Gasteiger partial charge on any atom is -0.488 e. The maximum absolute atomic E-state index is 10.3. The Hall–Kier alpha value is -1.35. The van der Waals surface area contributed by atoms with Crippen LogP contribution in [0.2, 0.25) is 0 Å². The second-order valence-corrected chi connectivity index (χ2v) is 4.79. The van der Waals surface area contributed by atoms with Crippen LogP contribution in [0.1, 0.15) is 26.3 Å². The smallest absolute Gasteiger partial charge is 0.217 e. The molecule has 0 bridgehead atoms. The van der Waals surface area contributed by atoms with Crippen molar-refractivity contribution in [2.24, 2.45) is 5.73 Å². The van der Waals surface area contributed by atoms with Gasteiger partial charge in [-0.25, -0.2) is 0 Å². The molecule has 0 spiro atoms. The van der Waals surface area contributed by atoms with Crippen molar-refractivity contribution in [1.29, 1.82) is 0 Å².